The zero-order chi connectivity index (χ0) is 7.14. The molecule has 1 nitrogen and oxygen atoms in total. The van der Waals surface area contributed by atoms with Crippen LogP contribution in [0.15, 0.2) is 0 Å². The fourth-order valence-corrected chi connectivity index (χ4v) is 2.41. The minimum atomic E-state index is 0.396. The van der Waals surface area contributed by atoms with Crippen LogP contribution in [0, 0.1) is 17.8 Å². The maximum atomic E-state index is 11.2. The normalized spacial score (nSPS) is 46.1. The molecule has 0 aliphatic heterocycles. The van der Waals surface area contributed by atoms with Gasteiger partial charge in [0.1, 0.15) is 5.78 Å². The molecule has 0 saturated heterocycles. The predicted octanol–water partition coefficient (Wildman–Crippen LogP) is 2.01. The van der Waals surface area contributed by atoms with Crippen LogP contribution in [-0.4, -0.2) is 5.78 Å². The molecule has 2 aliphatic rings. The van der Waals surface area contributed by atoms with E-state index in [9.17, 15) is 4.79 Å². The van der Waals surface area contributed by atoms with Gasteiger partial charge in [0.25, 0.3) is 0 Å². The molecule has 2 saturated carbocycles. The van der Waals surface area contributed by atoms with Crippen molar-refractivity contribution in [3.63, 3.8) is 0 Å². The van der Waals surface area contributed by atoms with Crippen LogP contribution in [0.4, 0.5) is 0 Å². The van der Waals surface area contributed by atoms with Gasteiger partial charge in [0.05, 0.1) is 0 Å². The summed E-state index contributed by atoms with van der Waals surface area (Å²) in [4.78, 5) is 11.2. The van der Waals surface area contributed by atoms with Crippen molar-refractivity contribution >= 4 is 5.78 Å². The van der Waals surface area contributed by atoms with Crippen molar-refractivity contribution in [2.45, 2.75) is 32.6 Å². The first-order valence-electron chi connectivity index (χ1n) is 4.32. The number of carbonyl (C=O) groups excluding carboxylic acids is 1. The number of Topliss-reactive ketones (excluding diaryl/α,β-unsaturated/α-hetero) is 1. The van der Waals surface area contributed by atoms with Crippen molar-refractivity contribution in [2.24, 2.45) is 17.8 Å². The lowest BCUT2D eigenvalue weighted by molar-refractivity contribution is -0.130. The number of fused-ring (bicyclic) bond motifs is 1. The van der Waals surface area contributed by atoms with Gasteiger partial charge < -0.3 is 0 Å². The van der Waals surface area contributed by atoms with Gasteiger partial charge in [-0.2, -0.15) is 0 Å². The third-order valence-corrected chi connectivity index (χ3v) is 3.39. The molecular weight excluding hydrogens is 124 g/mol. The van der Waals surface area contributed by atoms with Gasteiger partial charge in [0.15, 0.2) is 0 Å². The third kappa shape index (κ3) is 0.727. The Labute approximate surface area is 61.8 Å². The number of rotatable bonds is 0. The average molecular weight is 138 g/mol. The van der Waals surface area contributed by atoms with Gasteiger partial charge in [0.2, 0.25) is 0 Å². The Hall–Kier alpha value is -0.330. The van der Waals surface area contributed by atoms with Crippen molar-refractivity contribution in [1.82, 2.24) is 0 Å². The van der Waals surface area contributed by atoms with E-state index in [0.717, 1.165) is 18.3 Å². The van der Waals surface area contributed by atoms with Gasteiger partial charge in [-0.3, -0.25) is 4.79 Å². The zero-order valence-corrected chi connectivity index (χ0v) is 6.47. The molecule has 0 unspecified atom stereocenters. The second-order valence-corrected chi connectivity index (χ2v) is 3.79. The van der Waals surface area contributed by atoms with E-state index in [1.807, 2.05) is 0 Å². The predicted molar refractivity (Wildman–Crippen MR) is 39.6 cm³/mol. The average Bonchev–Trinajstić information content (AvgIpc) is 1.82. The molecule has 0 aromatic rings. The summed E-state index contributed by atoms with van der Waals surface area (Å²) in [5, 5.41) is 0. The molecule has 0 bridgehead atoms. The largest absolute Gasteiger partial charge is 0.299 e. The SMILES string of the molecule is C[C@@H]1C(=O)CC[C@@H]2CC[C@@H]21. The molecular formula is C9H14O. The van der Waals surface area contributed by atoms with Gasteiger partial charge in [-0.15, -0.1) is 0 Å². The first-order valence-corrected chi connectivity index (χ1v) is 4.32. The molecule has 1 heteroatoms. The highest BCUT2D eigenvalue weighted by Gasteiger charge is 2.40. The first kappa shape index (κ1) is 6.38. The van der Waals surface area contributed by atoms with Crippen LogP contribution < -0.4 is 0 Å². The summed E-state index contributed by atoms with van der Waals surface area (Å²) in [5.74, 6) is 2.61. The molecule has 0 N–H and O–H groups in total. The quantitative estimate of drug-likeness (QED) is 0.500. The highest BCUT2D eigenvalue weighted by Crippen LogP contribution is 2.46. The fourth-order valence-electron chi connectivity index (χ4n) is 2.41. The van der Waals surface area contributed by atoms with Gasteiger partial charge in [0, 0.05) is 12.3 Å². The lowest BCUT2D eigenvalue weighted by Gasteiger charge is -2.43. The van der Waals surface area contributed by atoms with E-state index in [1.165, 1.54) is 19.3 Å². The Morgan fingerprint density at radius 3 is 2.60 bits per heavy atom. The van der Waals surface area contributed by atoms with Gasteiger partial charge in [-0.25, -0.2) is 0 Å². The molecule has 0 heterocycles. The van der Waals surface area contributed by atoms with Gasteiger partial charge >= 0.3 is 0 Å². The number of ketones is 1. The fraction of sp³-hybridized carbons (Fsp3) is 0.889. The summed E-state index contributed by atoms with van der Waals surface area (Å²) in [6.45, 7) is 2.11. The Bertz CT molecular complexity index is 162. The van der Waals surface area contributed by atoms with Crippen molar-refractivity contribution in [1.29, 1.82) is 0 Å². The topological polar surface area (TPSA) is 17.1 Å². The van der Waals surface area contributed by atoms with E-state index in [4.69, 9.17) is 0 Å². The molecule has 2 fully saturated rings. The molecule has 56 valence electrons. The molecule has 3 atom stereocenters. The van der Waals surface area contributed by atoms with Crippen LogP contribution >= 0.6 is 0 Å². The smallest absolute Gasteiger partial charge is 0.135 e. The van der Waals surface area contributed by atoms with E-state index in [-0.39, 0.29) is 0 Å². The van der Waals surface area contributed by atoms with E-state index in [2.05, 4.69) is 6.92 Å². The molecule has 0 spiro atoms. The maximum Gasteiger partial charge on any atom is 0.135 e. The first-order chi connectivity index (χ1) is 4.79. The minimum Gasteiger partial charge on any atom is -0.299 e. The summed E-state index contributed by atoms with van der Waals surface area (Å²) in [6, 6.07) is 0. The van der Waals surface area contributed by atoms with Crippen LogP contribution in [0.25, 0.3) is 0 Å². The number of hydrogen-bond acceptors (Lipinski definition) is 1. The summed E-state index contributed by atoms with van der Waals surface area (Å²) in [6.07, 6.45) is 4.76. The van der Waals surface area contributed by atoms with E-state index >= 15 is 0 Å². The van der Waals surface area contributed by atoms with Crippen molar-refractivity contribution in [3.05, 3.63) is 0 Å². The highest BCUT2D eigenvalue weighted by atomic mass is 16.1. The molecule has 0 radical (unpaired) electrons. The van der Waals surface area contributed by atoms with E-state index in [1.54, 1.807) is 0 Å². The number of carbonyl (C=O) groups is 1. The molecule has 0 aromatic carbocycles. The standard InChI is InChI=1S/C9H14O/c1-6-8-4-2-7(8)3-5-9(6)10/h6-8H,2-5H2,1H3/t6-,7-,8+/m0/s1. The van der Waals surface area contributed by atoms with Gasteiger partial charge in [-0.1, -0.05) is 6.92 Å². The Morgan fingerprint density at radius 2 is 2.10 bits per heavy atom. The summed E-state index contributed by atoms with van der Waals surface area (Å²) < 4.78 is 0. The van der Waals surface area contributed by atoms with E-state index in [0.29, 0.717) is 11.7 Å². The van der Waals surface area contributed by atoms with Crippen LogP contribution in [0.1, 0.15) is 32.6 Å². The third-order valence-electron chi connectivity index (χ3n) is 3.39. The van der Waals surface area contributed by atoms with Crippen molar-refractivity contribution < 1.29 is 4.79 Å². The highest BCUT2D eigenvalue weighted by molar-refractivity contribution is 5.81. The van der Waals surface area contributed by atoms with Crippen LogP contribution in [0.3, 0.4) is 0 Å². The molecule has 2 rings (SSSR count). The monoisotopic (exact) mass is 138 g/mol. The Kier molecular flexibility index (Phi) is 1.33. The summed E-state index contributed by atoms with van der Waals surface area (Å²) >= 11 is 0. The zero-order valence-electron chi connectivity index (χ0n) is 6.47. The second-order valence-electron chi connectivity index (χ2n) is 3.79. The lowest BCUT2D eigenvalue weighted by atomic mass is 9.61. The molecule has 0 aromatic heterocycles. The Morgan fingerprint density at radius 1 is 1.30 bits per heavy atom. The maximum absolute atomic E-state index is 11.2. The minimum absolute atomic E-state index is 0.396. The molecule has 10 heavy (non-hydrogen) atoms. The molecule has 2 aliphatic carbocycles. The van der Waals surface area contributed by atoms with Crippen LogP contribution in [0.2, 0.25) is 0 Å². The number of hydrogen-bond donors (Lipinski definition) is 0. The summed E-state index contributed by atoms with van der Waals surface area (Å²) in [7, 11) is 0. The Balaban J connectivity index is 2.08. The van der Waals surface area contributed by atoms with Crippen LogP contribution in [0.5, 0.6) is 0 Å². The van der Waals surface area contributed by atoms with Crippen molar-refractivity contribution in [2.75, 3.05) is 0 Å². The van der Waals surface area contributed by atoms with Crippen molar-refractivity contribution in [3.8, 4) is 0 Å². The van der Waals surface area contributed by atoms with E-state index < -0.39 is 0 Å². The lowest BCUT2D eigenvalue weighted by Crippen LogP contribution is -2.39. The van der Waals surface area contributed by atoms with Crippen LogP contribution in [-0.2, 0) is 4.79 Å². The molecule has 0 amide bonds. The second kappa shape index (κ2) is 2.08. The summed E-state index contributed by atoms with van der Waals surface area (Å²) in [5.41, 5.74) is 0. The van der Waals surface area contributed by atoms with Gasteiger partial charge in [-0.05, 0) is 31.1 Å².